The van der Waals surface area contributed by atoms with E-state index >= 15 is 0 Å². The normalized spacial score (nSPS) is 12.0. The van der Waals surface area contributed by atoms with Crippen LogP contribution in [0.5, 0.6) is 0 Å². The number of urea groups is 1. The van der Waals surface area contributed by atoms with Gasteiger partial charge in [-0.05, 0) is 23.6 Å². The topological polar surface area (TPSA) is 87.7 Å². The number of amides is 2. The zero-order chi connectivity index (χ0) is 15.8. The molecule has 21 heavy (non-hydrogen) atoms. The number of hydrogen-bond acceptors (Lipinski definition) is 3. The minimum absolute atomic E-state index is 0.0483. The number of nitrogens with one attached hydrogen (secondary N) is 2. The smallest absolute Gasteiger partial charge is 0.319 e. The van der Waals surface area contributed by atoms with Gasteiger partial charge in [-0.25, -0.2) is 4.79 Å². The highest BCUT2D eigenvalue weighted by Gasteiger charge is 2.21. The molecule has 0 fully saturated rings. The van der Waals surface area contributed by atoms with E-state index in [-0.39, 0.29) is 12.5 Å². The average Bonchev–Trinajstić information content (AvgIpc) is 2.38. The molecule has 0 aliphatic carbocycles. The Kier molecular flexibility index (Phi) is 6.68. The Hall–Kier alpha value is -2.08. The molecule has 0 saturated carbocycles. The van der Waals surface area contributed by atoms with Gasteiger partial charge in [-0.2, -0.15) is 0 Å². The molecular weight excluding hydrogens is 272 g/mol. The zero-order valence-electron chi connectivity index (χ0n) is 12.6. The van der Waals surface area contributed by atoms with Crippen molar-refractivity contribution in [2.75, 3.05) is 19.0 Å². The van der Waals surface area contributed by atoms with E-state index in [0.29, 0.717) is 12.3 Å². The highest BCUT2D eigenvalue weighted by atomic mass is 16.5. The van der Waals surface area contributed by atoms with E-state index in [9.17, 15) is 9.59 Å². The second-order valence-corrected chi connectivity index (χ2v) is 5.16. The Morgan fingerprint density at radius 2 is 2.05 bits per heavy atom. The lowest BCUT2D eigenvalue weighted by Crippen LogP contribution is -2.37. The zero-order valence-corrected chi connectivity index (χ0v) is 12.6. The fourth-order valence-electron chi connectivity index (χ4n) is 1.89. The van der Waals surface area contributed by atoms with Crippen LogP contribution in [0.2, 0.25) is 0 Å². The first-order valence-electron chi connectivity index (χ1n) is 6.79. The quantitative estimate of drug-likeness (QED) is 0.720. The highest BCUT2D eigenvalue weighted by Crippen LogP contribution is 2.12. The van der Waals surface area contributed by atoms with Crippen molar-refractivity contribution in [3.8, 4) is 0 Å². The molecule has 116 valence electrons. The van der Waals surface area contributed by atoms with E-state index in [4.69, 9.17) is 9.84 Å². The van der Waals surface area contributed by atoms with Gasteiger partial charge in [0.05, 0.1) is 12.5 Å². The van der Waals surface area contributed by atoms with Crippen molar-refractivity contribution >= 4 is 17.7 Å². The lowest BCUT2D eigenvalue weighted by atomic mass is 9.96. The van der Waals surface area contributed by atoms with Gasteiger partial charge in [-0.15, -0.1) is 0 Å². The van der Waals surface area contributed by atoms with Crippen molar-refractivity contribution < 1.29 is 19.4 Å². The first kappa shape index (κ1) is 17.0. The fourth-order valence-corrected chi connectivity index (χ4v) is 1.89. The summed E-state index contributed by atoms with van der Waals surface area (Å²) in [4.78, 5) is 22.8. The summed E-state index contributed by atoms with van der Waals surface area (Å²) in [5.74, 6) is -1.56. The maximum Gasteiger partial charge on any atom is 0.319 e. The molecule has 1 aromatic carbocycles. The molecule has 0 radical (unpaired) electrons. The Labute approximate surface area is 124 Å². The molecule has 2 amide bonds. The third-order valence-electron chi connectivity index (χ3n) is 3.10. The van der Waals surface area contributed by atoms with E-state index < -0.39 is 17.9 Å². The summed E-state index contributed by atoms with van der Waals surface area (Å²) in [6, 6.07) is 6.86. The molecule has 1 unspecified atom stereocenters. The molecule has 1 aromatic rings. The molecule has 0 saturated heterocycles. The van der Waals surface area contributed by atoms with Gasteiger partial charge in [0.15, 0.2) is 0 Å². The largest absolute Gasteiger partial charge is 0.481 e. The second kappa shape index (κ2) is 8.26. The van der Waals surface area contributed by atoms with Crippen LogP contribution in [-0.4, -0.2) is 30.8 Å². The van der Waals surface area contributed by atoms with E-state index in [1.807, 2.05) is 26.0 Å². The number of ether oxygens (including phenoxy) is 1. The Morgan fingerprint density at radius 1 is 1.33 bits per heavy atom. The summed E-state index contributed by atoms with van der Waals surface area (Å²) < 4.78 is 5.03. The summed E-state index contributed by atoms with van der Waals surface area (Å²) in [6.45, 7) is 4.18. The molecule has 1 rings (SSSR count). The summed E-state index contributed by atoms with van der Waals surface area (Å²) in [5.41, 5.74) is 1.58. The number of hydrogen-bond donors (Lipinski definition) is 3. The number of anilines is 1. The molecule has 6 nitrogen and oxygen atoms in total. The Balaban J connectivity index is 2.53. The van der Waals surface area contributed by atoms with Crippen molar-refractivity contribution in [2.45, 2.75) is 20.5 Å². The Morgan fingerprint density at radius 3 is 2.62 bits per heavy atom. The minimum Gasteiger partial charge on any atom is -0.481 e. The first-order valence-corrected chi connectivity index (χ1v) is 6.79. The third kappa shape index (κ3) is 5.83. The van der Waals surface area contributed by atoms with Gasteiger partial charge in [-0.1, -0.05) is 26.0 Å². The molecule has 3 N–H and O–H groups in total. The molecule has 0 heterocycles. The van der Waals surface area contributed by atoms with Gasteiger partial charge in [0.1, 0.15) is 0 Å². The number of carbonyl (C=O) groups excluding carboxylic acids is 1. The van der Waals surface area contributed by atoms with Crippen LogP contribution in [0.25, 0.3) is 0 Å². The van der Waals surface area contributed by atoms with Crippen LogP contribution in [0, 0.1) is 11.8 Å². The molecule has 0 aliphatic rings. The standard InChI is InChI=1S/C15H22N2O4/c1-10(2)13(14(18)19)8-16-15(20)17-12-6-4-5-11(7-12)9-21-3/h4-7,10,13H,8-9H2,1-3H3,(H,18,19)(H2,16,17,20). The number of methoxy groups -OCH3 is 1. The Bertz CT molecular complexity index is 488. The lowest BCUT2D eigenvalue weighted by molar-refractivity contribution is -0.142. The van der Waals surface area contributed by atoms with Crippen LogP contribution in [0.15, 0.2) is 24.3 Å². The van der Waals surface area contributed by atoms with Crippen LogP contribution in [-0.2, 0) is 16.1 Å². The minimum atomic E-state index is -0.910. The van der Waals surface area contributed by atoms with Crippen LogP contribution >= 0.6 is 0 Å². The van der Waals surface area contributed by atoms with Crippen molar-refractivity contribution in [1.29, 1.82) is 0 Å². The average molecular weight is 294 g/mol. The molecule has 1 atom stereocenters. The van der Waals surface area contributed by atoms with Gasteiger partial charge >= 0.3 is 12.0 Å². The van der Waals surface area contributed by atoms with Crippen LogP contribution < -0.4 is 10.6 Å². The van der Waals surface area contributed by atoms with E-state index in [2.05, 4.69) is 10.6 Å². The van der Waals surface area contributed by atoms with E-state index in [1.54, 1.807) is 19.2 Å². The van der Waals surface area contributed by atoms with Gasteiger partial charge in [0, 0.05) is 19.3 Å². The lowest BCUT2D eigenvalue weighted by Gasteiger charge is -2.17. The first-order chi connectivity index (χ1) is 9.93. The number of carboxylic acid groups (broad SMARTS) is 1. The van der Waals surface area contributed by atoms with E-state index in [0.717, 1.165) is 5.56 Å². The van der Waals surface area contributed by atoms with Gasteiger partial charge in [0.2, 0.25) is 0 Å². The van der Waals surface area contributed by atoms with E-state index in [1.165, 1.54) is 0 Å². The maximum absolute atomic E-state index is 11.8. The molecular formula is C15H22N2O4. The van der Waals surface area contributed by atoms with Crippen molar-refractivity contribution in [2.24, 2.45) is 11.8 Å². The highest BCUT2D eigenvalue weighted by molar-refractivity contribution is 5.89. The number of rotatable bonds is 7. The van der Waals surface area contributed by atoms with Crippen LogP contribution in [0.4, 0.5) is 10.5 Å². The fraction of sp³-hybridized carbons (Fsp3) is 0.467. The molecule has 0 aliphatic heterocycles. The monoisotopic (exact) mass is 294 g/mol. The van der Waals surface area contributed by atoms with Gasteiger partial charge in [0.25, 0.3) is 0 Å². The predicted molar refractivity (Wildman–Crippen MR) is 80.1 cm³/mol. The number of aliphatic carboxylic acids is 1. The number of carbonyl (C=O) groups is 2. The van der Waals surface area contributed by atoms with Crippen molar-refractivity contribution in [1.82, 2.24) is 5.32 Å². The van der Waals surface area contributed by atoms with Crippen LogP contribution in [0.3, 0.4) is 0 Å². The SMILES string of the molecule is COCc1cccc(NC(=O)NCC(C(=O)O)C(C)C)c1. The predicted octanol–water partition coefficient (Wildman–Crippen LogP) is 2.31. The van der Waals surface area contributed by atoms with Gasteiger partial charge in [-0.3, -0.25) is 4.79 Å². The summed E-state index contributed by atoms with van der Waals surface area (Å²) in [5, 5.41) is 14.3. The van der Waals surface area contributed by atoms with Crippen LogP contribution in [0.1, 0.15) is 19.4 Å². The van der Waals surface area contributed by atoms with Crippen molar-refractivity contribution in [3.05, 3.63) is 29.8 Å². The number of carboxylic acids is 1. The van der Waals surface area contributed by atoms with Crippen molar-refractivity contribution in [3.63, 3.8) is 0 Å². The molecule has 0 bridgehead atoms. The third-order valence-corrected chi connectivity index (χ3v) is 3.10. The molecule has 0 spiro atoms. The van der Waals surface area contributed by atoms with Gasteiger partial charge < -0.3 is 20.5 Å². The summed E-state index contributed by atoms with van der Waals surface area (Å²) >= 11 is 0. The molecule has 0 aromatic heterocycles. The summed E-state index contributed by atoms with van der Waals surface area (Å²) in [7, 11) is 1.60. The summed E-state index contributed by atoms with van der Waals surface area (Å²) in [6.07, 6.45) is 0. The maximum atomic E-state index is 11.8. The second-order valence-electron chi connectivity index (χ2n) is 5.16. The molecule has 6 heteroatoms. The number of benzene rings is 1.